The Balaban J connectivity index is 2.71. The van der Waals surface area contributed by atoms with Gasteiger partial charge in [-0.25, -0.2) is 9.59 Å². The fraction of sp³-hybridized carbons (Fsp3) is 0.312. The van der Waals surface area contributed by atoms with Gasteiger partial charge in [-0.05, 0) is 31.2 Å². The van der Waals surface area contributed by atoms with Gasteiger partial charge in [0.25, 0.3) is 0 Å². The molecule has 0 bridgehead atoms. The maximum atomic E-state index is 11.9. The molecule has 120 valence electrons. The van der Waals surface area contributed by atoms with E-state index in [0.717, 1.165) is 0 Å². The van der Waals surface area contributed by atoms with Crippen LogP contribution in [0.5, 0.6) is 0 Å². The maximum Gasteiger partial charge on any atom is 0.319 e. The number of carboxylic acid groups (broad SMARTS) is 1. The summed E-state index contributed by atoms with van der Waals surface area (Å²) >= 11 is 5.85. The van der Waals surface area contributed by atoms with Crippen LogP contribution in [-0.2, 0) is 19.1 Å². The molecule has 7 heteroatoms. The van der Waals surface area contributed by atoms with E-state index in [1.165, 1.54) is 12.0 Å². The van der Waals surface area contributed by atoms with E-state index in [9.17, 15) is 19.5 Å². The zero-order valence-electron chi connectivity index (χ0n) is 12.5. The molecule has 1 aromatic carbocycles. The first-order valence-electron chi connectivity index (χ1n) is 6.72. The quantitative estimate of drug-likeness (QED) is 0.844. The Bertz CT molecular complexity index is 731. The molecule has 0 spiro atoms. The summed E-state index contributed by atoms with van der Waals surface area (Å²) < 4.78 is 5.02. The van der Waals surface area contributed by atoms with Crippen LogP contribution in [0.1, 0.15) is 6.92 Å². The average Bonchev–Trinajstić information content (AvgIpc) is 2.78. The van der Waals surface area contributed by atoms with Gasteiger partial charge in [0.15, 0.2) is 5.94 Å². The minimum Gasteiger partial charge on any atom is -0.480 e. The first-order chi connectivity index (χ1) is 10.9. The van der Waals surface area contributed by atoms with Crippen molar-refractivity contribution in [1.82, 2.24) is 0 Å². The molecule has 2 rings (SSSR count). The number of hydrogen-bond donors (Lipinski definition) is 1. The minimum absolute atomic E-state index is 0.158. The number of carbonyl (C=O) groups excluding carboxylic acids is 2. The first kappa shape index (κ1) is 17.0. The fourth-order valence-electron chi connectivity index (χ4n) is 2.92. The molecule has 23 heavy (non-hydrogen) atoms. The van der Waals surface area contributed by atoms with Gasteiger partial charge in [0.05, 0.1) is 18.2 Å². The van der Waals surface area contributed by atoms with Gasteiger partial charge in [-0.2, -0.15) is 0 Å². The summed E-state index contributed by atoms with van der Waals surface area (Å²) in [7, 11) is 1.33. The number of carbonyl (C=O) groups is 1. The highest BCUT2D eigenvalue weighted by Gasteiger charge is 2.59. The Labute approximate surface area is 137 Å². The van der Waals surface area contributed by atoms with Crippen molar-refractivity contribution in [3.8, 4) is 0 Å². The van der Waals surface area contributed by atoms with E-state index in [4.69, 9.17) is 16.3 Å². The lowest BCUT2D eigenvalue weighted by Crippen LogP contribution is -2.46. The topological polar surface area (TPSA) is 83.9 Å². The van der Waals surface area contributed by atoms with Crippen molar-refractivity contribution in [2.24, 2.45) is 5.41 Å². The molecular formula is C16H14ClNO5. The van der Waals surface area contributed by atoms with Gasteiger partial charge in [-0.1, -0.05) is 11.6 Å². The van der Waals surface area contributed by atoms with Crippen molar-refractivity contribution in [3.63, 3.8) is 0 Å². The summed E-state index contributed by atoms with van der Waals surface area (Å²) in [5.74, 6) is 2.00. The Kier molecular flexibility index (Phi) is 4.73. The molecule has 0 saturated carbocycles. The molecule has 1 aromatic rings. The molecule has 0 radical (unpaired) electrons. The van der Waals surface area contributed by atoms with Crippen molar-refractivity contribution < 1.29 is 24.2 Å². The highest BCUT2D eigenvalue weighted by molar-refractivity contribution is 6.30. The van der Waals surface area contributed by atoms with Crippen LogP contribution in [0.4, 0.5) is 5.69 Å². The smallest absolute Gasteiger partial charge is 0.319 e. The molecule has 1 fully saturated rings. The SMILES string of the molecule is COCC1(C(=O)O)C(=C=O)C(=C=O)N(c2ccc(Cl)cc2)C1C. The van der Waals surface area contributed by atoms with E-state index in [2.05, 4.69) is 0 Å². The summed E-state index contributed by atoms with van der Waals surface area (Å²) in [6.45, 7) is 1.33. The van der Waals surface area contributed by atoms with Gasteiger partial charge >= 0.3 is 5.97 Å². The van der Waals surface area contributed by atoms with E-state index in [-0.39, 0.29) is 17.9 Å². The zero-order chi connectivity index (χ0) is 17.2. The van der Waals surface area contributed by atoms with Gasteiger partial charge in [0.2, 0.25) is 0 Å². The van der Waals surface area contributed by atoms with Crippen LogP contribution in [0.2, 0.25) is 5.02 Å². The van der Waals surface area contributed by atoms with Crippen LogP contribution in [0.25, 0.3) is 0 Å². The van der Waals surface area contributed by atoms with E-state index < -0.39 is 17.4 Å². The molecular weight excluding hydrogens is 322 g/mol. The van der Waals surface area contributed by atoms with Crippen LogP contribution in [0, 0.1) is 5.41 Å². The summed E-state index contributed by atoms with van der Waals surface area (Å²) in [6.07, 6.45) is 0. The zero-order valence-corrected chi connectivity index (χ0v) is 13.3. The Morgan fingerprint density at radius 1 is 1.35 bits per heavy atom. The third-order valence-electron chi connectivity index (χ3n) is 4.08. The van der Waals surface area contributed by atoms with Crippen molar-refractivity contribution in [2.75, 3.05) is 18.6 Å². The van der Waals surface area contributed by atoms with Gasteiger partial charge < -0.3 is 14.7 Å². The molecule has 6 nitrogen and oxygen atoms in total. The molecule has 2 unspecified atom stereocenters. The van der Waals surface area contributed by atoms with Crippen molar-refractivity contribution in [1.29, 1.82) is 0 Å². The predicted octanol–water partition coefficient (Wildman–Crippen LogP) is 1.74. The highest BCUT2D eigenvalue weighted by atomic mass is 35.5. The van der Waals surface area contributed by atoms with Crippen LogP contribution >= 0.6 is 11.6 Å². The summed E-state index contributed by atoms with van der Waals surface area (Å²) in [4.78, 5) is 36.2. The number of rotatable bonds is 4. The largest absolute Gasteiger partial charge is 0.480 e. The second-order valence-electron chi connectivity index (χ2n) is 5.16. The van der Waals surface area contributed by atoms with Gasteiger partial charge in [-0.3, -0.25) is 4.79 Å². The Morgan fingerprint density at radius 2 is 1.96 bits per heavy atom. The number of hydrogen-bond acceptors (Lipinski definition) is 5. The second-order valence-corrected chi connectivity index (χ2v) is 5.60. The lowest BCUT2D eigenvalue weighted by molar-refractivity contribution is -0.149. The minimum atomic E-state index is -1.71. The molecule has 1 aliphatic heterocycles. The monoisotopic (exact) mass is 335 g/mol. The second kappa shape index (κ2) is 6.41. The van der Waals surface area contributed by atoms with E-state index in [1.54, 1.807) is 43.1 Å². The molecule has 1 N–H and O–H groups in total. The molecule has 1 heterocycles. The predicted molar refractivity (Wildman–Crippen MR) is 83.8 cm³/mol. The van der Waals surface area contributed by atoms with Crippen LogP contribution in [0.15, 0.2) is 35.5 Å². The highest BCUT2D eigenvalue weighted by Crippen LogP contribution is 2.48. The normalized spacial score (nSPS) is 23.6. The average molecular weight is 336 g/mol. The fourth-order valence-corrected chi connectivity index (χ4v) is 3.04. The maximum absolute atomic E-state index is 11.9. The van der Waals surface area contributed by atoms with E-state index in [0.29, 0.717) is 10.7 Å². The molecule has 0 aliphatic carbocycles. The lowest BCUT2D eigenvalue weighted by atomic mass is 9.78. The number of methoxy groups -OCH3 is 1. The lowest BCUT2D eigenvalue weighted by Gasteiger charge is -2.31. The van der Waals surface area contributed by atoms with Crippen molar-refractivity contribution in [3.05, 3.63) is 40.6 Å². The van der Waals surface area contributed by atoms with Gasteiger partial charge in [0, 0.05) is 17.8 Å². The molecule has 0 amide bonds. The number of benzene rings is 1. The molecule has 1 aliphatic rings. The van der Waals surface area contributed by atoms with Gasteiger partial charge in [-0.15, -0.1) is 0 Å². The van der Waals surface area contributed by atoms with Gasteiger partial charge in [0.1, 0.15) is 17.1 Å². The molecule has 1 saturated heterocycles. The Hall–Kier alpha value is -2.36. The first-order valence-corrected chi connectivity index (χ1v) is 7.10. The number of allylic oxidation sites excluding steroid dienone is 1. The molecule has 0 aromatic heterocycles. The van der Waals surface area contributed by atoms with Crippen molar-refractivity contribution >= 4 is 35.1 Å². The number of ether oxygens (including phenoxy) is 1. The third kappa shape index (κ3) is 2.48. The number of halogens is 1. The number of aliphatic carboxylic acids is 1. The number of anilines is 1. The third-order valence-corrected chi connectivity index (χ3v) is 4.33. The van der Waals surface area contributed by atoms with Crippen LogP contribution in [0.3, 0.4) is 0 Å². The standard InChI is InChI=1S/C16H14ClNO5/c1-10-16(9-23-2,15(21)22)13(7-19)14(8-20)18(10)12-5-3-11(17)4-6-12/h3-6,10H,9H2,1-2H3,(H,21,22). The van der Waals surface area contributed by atoms with E-state index >= 15 is 0 Å². The van der Waals surface area contributed by atoms with Crippen molar-refractivity contribution in [2.45, 2.75) is 13.0 Å². The summed E-state index contributed by atoms with van der Waals surface area (Å²) in [5, 5.41) is 10.2. The Morgan fingerprint density at radius 3 is 2.39 bits per heavy atom. The number of nitrogens with zero attached hydrogens (tertiary/aromatic N) is 1. The van der Waals surface area contributed by atoms with E-state index in [1.807, 2.05) is 0 Å². The van der Waals surface area contributed by atoms with Crippen LogP contribution < -0.4 is 4.90 Å². The summed E-state index contributed by atoms with van der Waals surface area (Å²) in [5.41, 5.74) is -1.62. The van der Waals surface area contributed by atoms with Crippen LogP contribution in [-0.4, -0.2) is 42.7 Å². The summed E-state index contributed by atoms with van der Waals surface area (Å²) in [6, 6.07) is 5.71. The number of carboxylic acids is 1. The molecule has 2 atom stereocenters.